The van der Waals surface area contributed by atoms with Gasteiger partial charge in [-0.2, -0.15) is 0 Å². The quantitative estimate of drug-likeness (QED) is 0.643. The van der Waals surface area contributed by atoms with Crippen molar-refractivity contribution in [1.29, 1.82) is 0 Å². The molecule has 1 aromatic carbocycles. The van der Waals surface area contributed by atoms with Gasteiger partial charge in [0.25, 0.3) is 5.91 Å². The van der Waals surface area contributed by atoms with Gasteiger partial charge in [-0.1, -0.05) is 0 Å². The van der Waals surface area contributed by atoms with Crippen LogP contribution in [0.4, 0.5) is 10.7 Å². The molecular formula is C18H16N2O5S. The molecule has 134 valence electrons. The third kappa shape index (κ3) is 3.50. The number of nitrogens with one attached hydrogen (secondary N) is 1. The Morgan fingerprint density at radius 3 is 2.38 bits per heavy atom. The number of imide groups is 1. The molecule has 26 heavy (non-hydrogen) atoms. The van der Waals surface area contributed by atoms with Crippen LogP contribution >= 0.6 is 11.3 Å². The predicted molar refractivity (Wildman–Crippen MR) is 96.4 cm³/mol. The van der Waals surface area contributed by atoms with E-state index in [0.29, 0.717) is 21.8 Å². The van der Waals surface area contributed by atoms with E-state index in [1.165, 1.54) is 23.5 Å². The van der Waals surface area contributed by atoms with Crippen molar-refractivity contribution in [2.45, 2.75) is 19.8 Å². The molecule has 0 bridgehead atoms. The molecule has 0 saturated carbocycles. The van der Waals surface area contributed by atoms with Gasteiger partial charge in [-0.3, -0.25) is 19.3 Å². The van der Waals surface area contributed by atoms with Crippen molar-refractivity contribution in [1.82, 2.24) is 0 Å². The average molecular weight is 372 g/mol. The molecule has 1 N–H and O–H groups in total. The smallest absolute Gasteiger partial charge is 0.341 e. The van der Waals surface area contributed by atoms with E-state index in [1.54, 1.807) is 30.5 Å². The lowest BCUT2D eigenvalue weighted by Crippen LogP contribution is -2.28. The molecule has 7 nitrogen and oxygen atoms in total. The van der Waals surface area contributed by atoms with Crippen molar-refractivity contribution >= 4 is 45.7 Å². The molecule has 3 rings (SSSR count). The first-order chi connectivity index (χ1) is 12.5. The van der Waals surface area contributed by atoms with Gasteiger partial charge < -0.3 is 10.1 Å². The second kappa shape index (κ2) is 7.49. The van der Waals surface area contributed by atoms with Gasteiger partial charge in [0.2, 0.25) is 11.8 Å². The van der Waals surface area contributed by atoms with Gasteiger partial charge in [-0.25, -0.2) is 4.79 Å². The molecule has 2 heterocycles. The first-order valence-electron chi connectivity index (χ1n) is 8.03. The minimum absolute atomic E-state index is 0.204. The Hall–Kier alpha value is -3.00. The van der Waals surface area contributed by atoms with Crippen LogP contribution in [-0.4, -0.2) is 30.3 Å². The summed E-state index contributed by atoms with van der Waals surface area (Å²) in [6, 6.07) is 7.75. The van der Waals surface area contributed by atoms with Gasteiger partial charge in [0, 0.05) is 18.4 Å². The number of carbonyl (C=O) groups is 4. The summed E-state index contributed by atoms with van der Waals surface area (Å²) in [5, 5.41) is 4.78. The van der Waals surface area contributed by atoms with Crippen LogP contribution < -0.4 is 10.2 Å². The maximum atomic E-state index is 12.4. The van der Waals surface area contributed by atoms with Gasteiger partial charge in [-0.15, -0.1) is 11.3 Å². The normalized spacial score (nSPS) is 13.8. The SMILES string of the molecule is CCOC(=O)c1ccsc1NC(=O)c1ccc(N2C(=O)CCC2=O)cc1. The van der Waals surface area contributed by atoms with Gasteiger partial charge in [0.15, 0.2) is 0 Å². The van der Waals surface area contributed by atoms with Gasteiger partial charge in [0.05, 0.1) is 17.9 Å². The highest BCUT2D eigenvalue weighted by Crippen LogP contribution is 2.26. The van der Waals surface area contributed by atoms with E-state index in [4.69, 9.17) is 4.74 Å². The lowest BCUT2D eigenvalue weighted by atomic mass is 10.2. The van der Waals surface area contributed by atoms with E-state index in [9.17, 15) is 19.2 Å². The van der Waals surface area contributed by atoms with Crippen molar-refractivity contribution in [3.63, 3.8) is 0 Å². The van der Waals surface area contributed by atoms with Crippen LogP contribution in [0.25, 0.3) is 0 Å². The molecular weight excluding hydrogens is 356 g/mol. The second-order valence-corrected chi connectivity index (χ2v) is 6.42. The number of carbonyl (C=O) groups excluding carboxylic acids is 4. The molecule has 2 aromatic rings. The first kappa shape index (κ1) is 17.8. The minimum atomic E-state index is -0.495. The number of nitrogens with zero attached hydrogens (tertiary/aromatic N) is 1. The number of hydrogen-bond donors (Lipinski definition) is 1. The maximum Gasteiger partial charge on any atom is 0.341 e. The van der Waals surface area contributed by atoms with Crippen molar-refractivity contribution in [2.75, 3.05) is 16.8 Å². The Labute approximate surface area is 153 Å². The van der Waals surface area contributed by atoms with Crippen molar-refractivity contribution in [3.05, 3.63) is 46.8 Å². The summed E-state index contributed by atoms with van der Waals surface area (Å²) in [5.41, 5.74) is 1.09. The van der Waals surface area contributed by atoms with Crippen LogP contribution in [0.3, 0.4) is 0 Å². The number of anilines is 2. The number of hydrogen-bond acceptors (Lipinski definition) is 6. The van der Waals surface area contributed by atoms with Crippen LogP contribution in [-0.2, 0) is 14.3 Å². The zero-order valence-electron chi connectivity index (χ0n) is 14.0. The molecule has 0 radical (unpaired) electrons. The van der Waals surface area contributed by atoms with Crippen LogP contribution in [0, 0.1) is 0 Å². The number of benzene rings is 1. The molecule has 3 amide bonds. The fraction of sp³-hybridized carbons (Fsp3) is 0.222. The largest absolute Gasteiger partial charge is 0.462 e. The molecule has 0 atom stereocenters. The Balaban J connectivity index is 1.73. The van der Waals surface area contributed by atoms with Crippen molar-refractivity contribution in [3.8, 4) is 0 Å². The third-order valence-corrected chi connectivity index (χ3v) is 4.66. The monoisotopic (exact) mass is 372 g/mol. The Bertz CT molecular complexity index is 856. The summed E-state index contributed by atoms with van der Waals surface area (Å²) in [5.74, 6) is -1.39. The van der Waals surface area contributed by atoms with Gasteiger partial charge in [0.1, 0.15) is 5.00 Å². The number of amides is 3. The summed E-state index contributed by atoms with van der Waals surface area (Å²) in [6.07, 6.45) is 0.409. The van der Waals surface area contributed by atoms with E-state index in [0.717, 1.165) is 4.90 Å². The summed E-state index contributed by atoms with van der Waals surface area (Å²) in [6.45, 7) is 1.96. The second-order valence-electron chi connectivity index (χ2n) is 5.51. The summed E-state index contributed by atoms with van der Waals surface area (Å²) in [7, 11) is 0. The number of thiophene rings is 1. The molecule has 1 fully saturated rings. The standard InChI is InChI=1S/C18H16N2O5S/c1-2-25-18(24)13-9-10-26-17(13)19-16(23)11-3-5-12(6-4-11)20-14(21)7-8-15(20)22/h3-6,9-10H,2,7-8H2,1H3,(H,19,23). The van der Waals surface area contributed by atoms with Gasteiger partial charge in [-0.05, 0) is 42.6 Å². The molecule has 0 unspecified atom stereocenters. The van der Waals surface area contributed by atoms with Crippen LogP contribution in [0.1, 0.15) is 40.5 Å². The van der Waals surface area contributed by atoms with Crippen molar-refractivity contribution in [2.24, 2.45) is 0 Å². The highest BCUT2D eigenvalue weighted by Gasteiger charge is 2.30. The van der Waals surface area contributed by atoms with Gasteiger partial charge >= 0.3 is 5.97 Å². The third-order valence-electron chi connectivity index (χ3n) is 3.83. The zero-order chi connectivity index (χ0) is 18.7. The molecule has 0 aliphatic carbocycles. The predicted octanol–water partition coefficient (Wildman–Crippen LogP) is 2.83. The van der Waals surface area contributed by atoms with Crippen LogP contribution in [0.5, 0.6) is 0 Å². The minimum Gasteiger partial charge on any atom is -0.462 e. The Morgan fingerprint density at radius 2 is 1.77 bits per heavy atom. The highest BCUT2D eigenvalue weighted by atomic mass is 32.1. The molecule has 8 heteroatoms. The highest BCUT2D eigenvalue weighted by molar-refractivity contribution is 7.14. The lowest BCUT2D eigenvalue weighted by molar-refractivity contribution is -0.121. The Morgan fingerprint density at radius 1 is 1.12 bits per heavy atom. The molecule has 1 aromatic heterocycles. The van der Waals surface area contributed by atoms with E-state index in [-0.39, 0.29) is 31.3 Å². The summed E-state index contributed by atoms with van der Waals surface area (Å²) in [4.78, 5) is 48.9. The fourth-order valence-corrected chi connectivity index (χ4v) is 3.35. The van der Waals surface area contributed by atoms with E-state index < -0.39 is 11.9 Å². The van der Waals surface area contributed by atoms with E-state index in [1.807, 2.05) is 0 Å². The molecule has 0 spiro atoms. The number of ether oxygens (including phenoxy) is 1. The van der Waals surface area contributed by atoms with Crippen LogP contribution in [0.2, 0.25) is 0 Å². The topological polar surface area (TPSA) is 92.8 Å². The van der Waals surface area contributed by atoms with Crippen LogP contribution in [0.15, 0.2) is 35.7 Å². The number of rotatable bonds is 5. The zero-order valence-corrected chi connectivity index (χ0v) is 14.8. The molecule has 1 saturated heterocycles. The summed E-state index contributed by atoms with van der Waals surface area (Å²) >= 11 is 1.22. The van der Waals surface area contributed by atoms with E-state index >= 15 is 0 Å². The number of esters is 1. The average Bonchev–Trinajstić information content (AvgIpc) is 3.22. The maximum absolute atomic E-state index is 12.4. The fourth-order valence-electron chi connectivity index (χ4n) is 2.58. The first-order valence-corrected chi connectivity index (χ1v) is 8.91. The lowest BCUT2D eigenvalue weighted by Gasteiger charge is -2.14. The van der Waals surface area contributed by atoms with Crippen molar-refractivity contribution < 1.29 is 23.9 Å². The molecule has 1 aliphatic rings. The molecule has 1 aliphatic heterocycles. The summed E-state index contributed by atoms with van der Waals surface area (Å²) < 4.78 is 4.95. The van der Waals surface area contributed by atoms with E-state index in [2.05, 4.69) is 5.32 Å². The Kier molecular flexibility index (Phi) is 5.13.